The van der Waals surface area contributed by atoms with Gasteiger partial charge in [-0.15, -0.1) is 0 Å². The molecule has 1 aromatic carbocycles. The van der Waals surface area contributed by atoms with Gasteiger partial charge < -0.3 is 10.1 Å². The lowest BCUT2D eigenvalue weighted by molar-refractivity contribution is 0.0936. The average Bonchev–Trinajstić information content (AvgIpc) is 2.73. The Hall–Kier alpha value is -1.35. The Kier molecular flexibility index (Phi) is 5.40. The summed E-state index contributed by atoms with van der Waals surface area (Å²) in [6.07, 6.45) is 5.38. The van der Waals surface area contributed by atoms with Gasteiger partial charge in [0.25, 0.3) is 0 Å². The molecular formula is C16H23NO2. The second-order valence-electron chi connectivity index (χ2n) is 5.06. The Balaban J connectivity index is 2.12. The summed E-state index contributed by atoms with van der Waals surface area (Å²) < 4.78 is 5.68. The van der Waals surface area contributed by atoms with Gasteiger partial charge in [0.05, 0.1) is 18.2 Å². The number of carbonyl (C=O) groups is 1. The molecule has 0 aliphatic carbocycles. The van der Waals surface area contributed by atoms with Gasteiger partial charge in [0.1, 0.15) is 5.75 Å². The van der Waals surface area contributed by atoms with Crippen LogP contribution in [0.15, 0.2) is 24.3 Å². The van der Waals surface area contributed by atoms with Crippen molar-refractivity contribution in [3.63, 3.8) is 0 Å². The first-order valence-corrected chi connectivity index (χ1v) is 7.32. The van der Waals surface area contributed by atoms with Crippen LogP contribution >= 0.6 is 0 Å². The molecule has 1 unspecified atom stereocenters. The number of hydrogen-bond acceptors (Lipinski definition) is 3. The molecule has 1 aliphatic heterocycles. The van der Waals surface area contributed by atoms with Crippen LogP contribution in [-0.2, 0) is 0 Å². The van der Waals surface area contributed by atoms with Crippen LogP contribution in [0.2, 0.25) is 0 Å². The molecule has 0 aromatic heterocycles. The first-order valence-electron chi connectivity index (χ1n) is 7.32. The molecule has 0 bridgehead atoms. The Morgan fingerprint density at radius 3 is 3.00 bits per heavy atom. The SMILES string of the molecule is CCCOc1ccccc1C(=O)C1CCCCCN1. The smallest absolute Gasteiger partial charge is 0.183 e. The van der Waals surface area contributed by atoms with E-state index in [4.69, 9.17) is 4.74 Å². The van der Waals surface area contributed by atoms with Gasteiger partial charge in [-0.2, -0.15) is 0 Å². The van der Waals surface area contributed by atoms with E-state index in [9.17, 15) is 4.79 Å². The molecule has 0 radical (unpaired) electrons. The highest BCUT2D eigenvalue weighted by Crippen LogP contribution is 2.22. The summed E-state index contributed by atoms with van der Waals surface area (Å²) in [4.78, 5) is 12.6. The van der Waals surface area contributed by atoms with E-state index in [1.807, 2.05) is 24.3 Å². The van der Waals surface area contributed by atoms with Crippen LogP contribution in [0.4, 0.5) is 0 Å². The van der Waals surface area contributed by atoms with Crippen molar-refractivity contribution in [2.75, 3.05) is 13.2 Å². The molecule has 0 amide bonds. The summed E-state index contributed by atoms with van der Waals surface area (Å²) in [5.41, 5.74) is 0.718. The predicted molar refractivity (Wildman–Crippen MR) is 76.8 cm³/mol. The minimum absolute atomic E-state index is 0.0473. The van der Waals surface area contributed by atoms with Gasteiger partial charge in [-0.1, -0.05) is 31.9 Å². The van der Waals surface area contributed by atoms with E-state index in [-0.39, 0.29) is 11.8 Å². The number of nitrogens with one attached hydrogen (secondary N) is 1. The van der Waals surface area contributed by atoms with Crippen LogP contribution in [0.3, 0.4) is 0 Å². The van der Waals surface area contributed by atoms with Crippen LogP contribution in [-0.4, -0.2) is 25.0 Å². The highest BCUT2D eigenvalue weighted by Gasteiger charge is 2.23. The fourth-order valence-corrected chi connectivity index (χ4v) is 2.45. The quantitative estimate of drug-likeness (QED) is 0.827. The standard InChI is InChI=1S/C16H23NO2/c1-2-12-19-15-10-6-5-8-13(15)16(18)14-9-4-3-7-11-17-14/h5-6,8,10,14,17H,2-4,7,9,11-12H2,1H3. The first-order chi connectivity index (χ1) is 9.33. The van der Waals surface area contributed by atoms with E-state index in [1.165, 1.54) is 6.42 Å². The highest BCUT2D eigenvalue weighted by molar-refractivity contribution is 6.02. The largest absolute Gasteiger partial charge is 0.493 e. The van der Waals surface area contributed by atoms with Crippen molar-refractivity contribution in [3.8, 4) is 5.75 Å². The van der Waals surface area contributed by atoms with Crippen LogP contribution in [0, 0.1) is 0 Å². The van der Waals surface area contributed by atoms with Crippen LogP contribution in [0.25, 0.3) is 0 Å². The Morgan fingerprint density at radius 1 is 1.32 bits per heavy atom. The number of hydrogen-bond donors (Lipinski definition) is 1. The Morgan fingerprint density at radius 2 is 2.16 bits per heavy atom. The number of carbonyl (C=O) groups excluding carboxylic acids is 1. The maximum absolute atomic E-state index is 12.6. The number of rotatable bonds is 5. The van der Waals surface area contributed by atoms with Gasteiger partial charge in [-0.25, -0.2) is 0 Å². The third-order valence-corrected chi connectivity index (χ3v) is 3.49. The van der Waals surface area contributed by atoms with Gasteiger partial charge in [0, 0.05) is 0 Å². The molecule has 3 heteroatoms. The van der Waals surface area contributed by atoms with Crippen LogP contribution in [0.1, 0.15) is 49.4 Å². The van der Waals surface area contributed by atoms with Crippen molar-refractivity contribution >= 4 is 5.78 Å². The Labute approximate surface area is 115 Å². The summed E-state index contributed by atoms with van der Waals surface area (Å²) in [5.74, 6) is 0.897. The van der Waals surface area contributed by atoms with Crippen molar-refractivity contribution < 1.29 is 9.53 Å². The number of benzene rings is 1. The number of ketones is 1. The van der Waals surface area contributed by atoms with Gasteiger partial charge in [-0.05, 0) is 37.9 Å². The lowest BCUT2D eigenvalue weighted by Gasteiger charge is -2.17. The van der Waals surface area contributed by atoms with Crippen molar-refractivity contribution in [3.05, 3.63) is 29.8 Å². The molecule has 1 N–H and O–H groups in total. The lowest BCUT2D eigenvalue weighted by Crippen LogP contribution is -2.36. The summed E-state index contributed by atoms with van der Waals surface area (Å²) in [7, 11) is 0. The molecule has 3 nitrogen and oxygen atoms in total. The zero-order valence-electron chi connectivity index (χ0n) is 11.7. The minimum atomic E-state index is -0.0473. The molecule has 1 fully saturated rings. The zero-order valence-corrected chi connectivity index (χ0v) is 11.7. The molecular weight excluding hydrogens is 238 g/mol. The van der Waals surface area contributed by atoms with E-state index in [0.29, 0.717) is 6.61 Å². The average molecular weight is 261 g/mol. The van der Waals surface area contributed by atoms with E-state index in [2.05, 4.69) is 12.2 Å². The van der Waals surface area contributed by atoms with E-state index >= 15 is 0 Å². The third kappa shape index (κ3) is 3.80. The monoisotopic (exact) mass is 261 g/mol. The Bertz CT molecular complexity index is 409. The topological polar surface area (TPSA) is 38.3 Å². The zero-order chi connectivity index (χ0) is 13.5. The molecule has 1 aliphatic rings. The van der Waals surface area contributed by atoms with Crippen molar-refractivity contribution in [2.45, 2.75) is 45.1 Å². The van der Waals surface area contributed by atoms with Gasteiger partial charge in [-0.3, -0.25) is 4.79 Å². The van der Waals surface area contributed by atoms with Crippen LogP contribution < -0.4 is 10.1 Å². The number of ether oxygens (including phenoxy) is 1. The van der Waals surface area contributed by atoms with Crippen molar-refractivity contribution in [1.29, 1.82) is 0 Å². The number of para-hydroxylation sites is 1. The van der Waals surface area contributed by atoms with E-state index < -0.39 is 0 Å². The van der Waals surface area contributed by atoms with Gasteiger partial charge in [0.15, 0.2) is 5.78 Å². The van der Waals surface area contributed by atoms with E-state index in [0.717, 1.165) is 43.5 Å². The maximum Gasteiger partial charge on any atom is 0.183 e. The van der Waals surface area contributed by atoms with Gasteiger partial charge in [0.2, 0.25) is 0 Å². The van der Waals surface area contributed by atoms with Crippen molar-refractivity contribution in [1.82, 2.24) is 5.32 Å². The molecule has 104 valence electrons. The van der Waals surface area contributed by atoms with Gasteiger partial charge >= 0.3 is 0 Å². The minimum Gasteiger partial charge on any atom is -0.493 e. The summed E-state index contributed by atoms with van der Waals surface area (Å²) in [6.45, 7) is 3.66. The predicted octanol–water partition coefficient (Wildman–Crippen LogP) is 3.19. The summed E-state index contributed by atoms with van der Waals surface area (Å²) in [6, 6.07) is 7.54. The van der Waals surface area contributed by atoms with E-state index in [1.54, 1.807) is 0 Å². The molecule has 1 saturated heterocycles. The highest BCUT2D eigenvalue weighted by atomic mass is 16.5. The normalized spacial score (nSPS) is 19.7. The van der Waals surface area contributed by atoms with Crippen molar-refractivity contribution in [2.24, 2.45) is 0 Å². The van der Waals surface area contributed by atoms with Crippen LogP contribution in [0.5, 0.6) is 5.75 Å². The summed E-state index contributed by atoms with van der Waals surface area (Å²) in [5, 5.41) is 3.36. The molecule has 0 saturated carbocycles. The lowest BCUT2D eigenvalue weighted by atomic mass is 9.99. The molecule has 1 aromatic rings. The fraction of sp³-hybridized carbons (Fsp3) is 0.562. The first kappa shape index (κ1) is 14.1. The second-order valence-corrected chi connectivity index (χ2v) is 5.06. The fourth-order valence-electron chi connectivity index (χ4n) is 2.45. The number of Topliss-reactive ketones (excluding diaryl/α,β-unsaturated/α-hetero) is 1. The second kappa shape index (κ2) is 7.29. The maximum atomic E-state index is 12.6. The molecule has 1 heterocycles. The molecule has 19 heavy (non-hydrogen) atoms. The molecule has 2 rings (SSSR count). The molecule has 1 atom stereocenters. The third-order valence-electron chi connectivity index (χ3n) is 3.49. The summed E-state index contributed by atoms with van der Waals surface area (Å²) >= 11 is 0. The molecule has 0 spiro atoms.